The Balaban J connectivity index is 0.000000250. The second-order valence-electron chi connectivity index (χ2n) is 0.676. The van der Waals surface area contributed by atoms with Crippen molar-refractivity contribution in [2.45, 2.75) is 0 Å². The van der Waals surface area contributed by atoms with Crippen molar-refractivity contribution in [3.63, 3.8) is 0 Å². The van der Waals surface area contributed by atoms with Crippen molar-refractivity contribution in [2.24, 2.45) is 0 Å². The fourth-order valence-electron chi connectivity index (χ4n) is 0.176. The zero-order valence-electron chi connectivity index (χ0n) is 2.59. The third-order valence-corrected chi connectivity index (χ3v) is 0.869. The van der Waals surface area contributed by atoms with Crippen molar-refractivity contribution in [3.05, 3.63) is 17.1 Å². The number of hydrogen-bond acceptors (Lipinski definition) is 2. The first-order valence-electron chi connectivity index (χ1n) is 1.32. The molecule has 0 aliphatic carbocycles. The Labute approximate surface area is 57.4 Å². The average Bonchev–Trinajstić information content (AvgIpc) is 1.76. The summed E-state index contributed by atoms with van der Waals surface area (Å²) in [6.07, 6.45) is 1.77. The van der Waals surface area contributed by atoms with Gasteiger partial charge in [-0.05, 0) is 0 Å². The number of hydrogen-bond donors (Lipinski definition) is 0. The fraction of sp³-hybridized carbons (Fsp3) is 0. The van der Waals surface area contributed by atoms with Gasteiger partial charge in [-0.2, -0.15) is 0 Å². The molecule has 0 aliphatic rings. The molecule has 0 aromatic carbocycles. The maximum atomic E-state index is 3.74. The van der Waals surface area contributed by atoms with Crippen LogP contribution in [0.1, 0.15) is 0 Å². The smallest absolute Gasteiger partial charge is 0.0791 e. The molecule has 1 rings (SSSR count). The van der Waals surface area contributed by atoms with E-state index < -0.39 is 0 Å². The first kappa shape index (κ1) is 6.43. The monoisotopic (exact) mass is 209 g/mol. The van der Waals surface area contributed by atoms with Crippen LogP contribution in [-0.4, -0.2) is 28.9 Å². The van der Waals surface area contributed by atoms with Crippen molar-refractivity contribution in [1.29, 1.82) is 0 Å². The van der Waals surface area contributed by atoms with Crippen LogP contribution >= 0.6 is 11.3 Å². The molecule has 6 heavy (non-hydrogen) atoms. The van der Waals surface area contributed by atoms with Crippen molar-refractivity contribution >= 4 is 35.2 Å². The molecule has 0 amide bonds. The van der Waals surface area contributed by atoms with Gasteiger partial charge in [-0.1, -0.05) is 0 Å². The van der Waals surface area contributed by atoms with E-state index in [0.717, 1.165) is 0 Å². The summed E-state index contributed by atoms with van der Waals surface area (Å²) in [5, 5.41) is 1.93. The van der Waals surface area contributed by atoms with Gasteiger partial charge in [0.05, 0.1) is 5.51 Å². The summed E-state index contributed by atoms with van der Waals surface area (Å²) < 4.78 is 0. The average molecular weight is 208 g/mol. The van der Waals surface area contributed by atoms with E-state index in [2.05, 4.69) is 4.98 Å². The quantitative estimate of drug-likeness (QED) is 0.533. The Morgan fingerprint density at radius 3 is 2.50 bits per heavy atom. The van der Waals surface area contributed by atoms with Crippen LogP contribution < -0.4 is 0 Å². The van der Waals surface area contributed by atoms with Crippen molar-refractivity contribution < 1.29 is 0 Å². The van der Waals surface area contributed by atoms with E-state index in [4.69, 9.17) is 0 Å². The van der Waals surface area contributed by atoms with Gasteiger partial charge in [-0.3, -0.25) is 4.98 Å². The number of aromatic nitrogens is 1. The van der Waals surface area contributed by atoms with E-state index in [1.165, 1.54) is 0 Å². The van der Waals surface area contributed by atoms with Crippen LogP contribution in [0.25, 0.3) is 0 Å². The fourth-order valence-corrected chi connectivity index (χ4v) is 0.527. The number of thiazole rings is 1. The molecule has 0 unspecified atom stereocenters. The zero-order chi connectivity index (χ0) is 3.54. The molecule has 0 atom stereocenters. The molecule has 1 nitrogen and oxygen atoms in total. The van der Waals surface area contributed by atoms with Gasteiger partial charge in [0, 0.05) is 11.6 Å². The Kier molecular flexibility index (Phi) is 3.87. The van der Waals surface area contributed by atoms with Crippen LogP contribution in [0.3, 0.4) is 0 Å². The second-order valence-corrected chi connectivity index (χ2v) is 1.43. The van der Waals surface area contributed by atoms with Crippen LogP contribution in [-0.2, 0) is 0 Å². The minimum Gasteiger partial charge on any atom is -0.253 e. The van der Waals surface area contributed by atoms with Gasteiger partial charge in [-0.15, -0.1) is 11.3 Å². The van der Waals surface area contributed by atoms with Gasteiger partial charge in [0.2, 0.25) is 0 Å². The Bertz CT molecular complexity index is 67.3. The van der Waals surface area contributed by atoms with E-state index in [1.807, 2.05) is 5.38 Å². The van der Waals surface area contributed by atoms with Gasteiger partial charge in [0.1, 0.15) is 0 Å². The summed E-state index contributed by atoms with van der Waals surface area (Å²) in [6.45, 7) is 0. The Hall–Kier alpha value is 0.429. The minimum absolute atomic E-state index is 0. The van der Waals surface area contributed by atoms with Crippen LogP contribution in [0.5, 0.6) is 0 Å². The Morgan fingerprint density at radius 2 is 2.33 bits per heavy atom. The SMILES string of the molecule is [SnH4].c1cscn1. The predicted molar refractivity (Wildman–Crippen MR) is 33.4 cm³/mol. The van der Waals surface area contributed by atoms with E-state index in [-0.39, 0.29) is 23.9 Å². The third-order valence-electron chi connectivity index (χ3n) is 0.347. The topological polar surface area (TPSA) is 12.9 Å². The zero-order valence-corrected chi connectivity index (χ0v) is 3.40. The third kappa shape index (κ3) is 1.77. The van der Waals surface area contributed by atoms with Gasteiger partial charge >= 0.3 is 23.9 Å². The summed E-state index contributed by atoms with van der Waals surface area (Å²) >= 11 is 1.60. The van der Waals surface area contributed by atoms with Crippen molar-refractivity contribution in [1.82, 2.24) is 4.98 Å². The maximum Gasteiger partial charge on any atom is 0.0791 e. The van der Waals surface area contributed by atoms with Gasteiger partial charge in [0.25, 0.3) is 0 Å². The van der Waals surface area contributed by atoms with Crippen LogP contribution in [0.4, 0.5) is 0 Å². The predicted octanol–water partition coefficient (Wildman–Crippen LogP) is -0.308. The number of nitrogens with zero attached hydrogens (tertiary/aromatic N) is 1. The van der Waals surface area contributed by atoms with Crippen molar-refractivity contribution in [2.75, 3.05) is 0 Å². The van der Waals surface area contributed by atoms with Crippen LogP contribution in [0.15, 0.2) is 17.1 Å². The van der Waals surface area contributed by atoms with Gasteiger partial charge < -0.3 is 0 Å². The van der Waals surface area contributed by atoms with E-state index in [0.29, 0.717) is 0 Å². The molecule has 0 radical (unpaired) electrons. The Morgan fingerprint density at radius 1 is 1.50 bits per heavy atom. The minimum atomic E-state index is 0. The number of rotatable bonds is 0. The summed E-state index contributed by atoms with van der Waals surface area (Å²) in [4.78, 5) is 3.74. The van der Waals surface area contributed by atoms with Crippen molar-refractivity contribution in [3.8, 4) is 0 Å². The van der Waals surface area contributed by atoms with Crippen LogP contribution in [0, 0.1) is 0 Å². The first-order chi connectivity index (χ1) is 2.50. The van der Waals surface area contributed by atoms with E-state index in [1.54, 1.807) is 23.0 Å². The second kappa shape index (κ2) is 3.61. The molecule has 3 heteroatoms. The summed E-state index contributed by atoms with van der Waals surface area (Å²) in [5.41, 5.74) is 1.79. The van der Waals surface area contributed by atoms with Gasteiger partial charge in [0.15, 0.2) is 0 Å². The maximum absolute atomic E-state index is 3.74. The molecule has 0 N–H and O–H groups in total. The largest absolute Gasteiger partial charge is 0.253 e. The summed E-state index contributed by atoms with van der Waals surface area (Å²) in [6, 6.07) is 0. The molecule has 0 aliphatic heterocycles. The molecule has 1 heterocycles. The molecule has 0 saturated carbocycles. The standard InChI is InChI=1S/C3H3NS.Sn.4H/c1-2-5-3-4-1;;;;;/h1-3H;;;;;. The molecule has 0 bridgehead atoms. The molecule has 0 fully saturated rings. The molecule has 1 aromatic rings. The van der Waals surface area contributed by atoms with Crippen LogP contribution in [0.2, 0.25) is 0 Å². The summed E-state index contributed by atoms with van der Waals surface area (Å²) in [7, 11) is 0. The molecular formula is C3H7NSSn. The van der Waals surface area contributed by atoms with Gasteiger partial charge in [-0.25, -0.2) is 0 Å². The normalized spacial score (nSPS) is 6.67. The molecule has 34 valence electrons. The van der Waals surface area contributed by atoms with E-state index in [9.17, 15) is 0 Å². The molecular weight excluding hydrogens is 201 g/mol. The summed E-state index contributed by atoms with van der Waals surface area (Å²) in [5.74, 6) is 0. The molecule has 0 spiro atoms. The molecule has 1 aromatic heterocycles. The first-order valence-corrected chi connectivity index (χ1v) is 2.26. The molecule has 0 saturated heterocycles. The van der Waals surface area contributed by atoms with E-state index >= 15 is 0 Å².